The minimum Gasteiger partial charge on any atom is -0.300 e. The highest BCUT2D eigenvalue weighted by atomic mass is 35.5. The molecule has 0 N–H and O–H groups in total. The van der Waals surface area contributed by atoms with Crippen molar-refractivity contribution in [1.82, 2.24) is 9.88 Å². The van der Waals surface area contributed by atoms with Gasteiger partial charge >= 0.3 is 0 Å². The zero-order valence-corrected chi connectivity index (χ0v) is 13.4. The number of likely N-dealkylation sites (tertiary alicyclic amines) is 1. The van der Waals surface area contributed by atoms with E-state index < -0.39 is 0 Å². The van der Waals surface area contributed by atoms with Crippen molar-refractivity contribution in [3.63, 3.8) is 0 Å². The van der Waals surface area contributed by atoms with Gasteiger partial charge in [-0.15, -0.1) is 11.8 Å². The minimum atomic E-state index is 0.638. The summed E-state index contributed by atoms with van der Waals surface area (Å²) in [5.41, 5.74) is 0. The van der Waals surface area contributed by atoms with Crippen LogP contribution in [-0.4, -0.2) is 34.3 Å². The van der Waals surface area contributed by atoms with E-state index in [4.69, 9.17) is 11.6 Å². The lowest BCUT2D eigenvalue weighted by Crippen LogP contribution is -2.28. The summed E-state index contributed by atoms with van der Waals surface area (Å²) < 4.78 is 0. The molecule has 1 aromatic carbocycles. The maximum absolute atomic E-state index is 6.42. The average Bonchev–Trinajstić information content (AvgIpc) is 2.88. The van der Waals surface area contributed by atoms with Gasteiger partial charge in [-0.25, -0.2) is 0 Å². The van der Waals surface area contributed by atoms with Crippen LogP contribution in [0.4, 0.5) is 0 Å². The van der Waals surface area contributed by atoms with Gasteiger partial charge in [0.15, 0.2) is 0 Å². The normalized spacial score (nSPS) is 20.1. The molecule has 1 aliphatic rings. The molecule has 2 nitrogen and oxygen atoms in total. The van der Waals surface area contributed by atoms with Crippen molar-refractivity contribution in [3.8, 4) is 0 Å². The van der Waals surface area contributed by atoms with Crippen molar-refractivity contribution in [2.45, 2.75) is 36.5 Å². The molecule has 4 heteroatoms. The van der Waals surface area contributed by atoms with E-state index in [2.05, 4.69) is 29.8 Å². The maximum Gasteiger partial charge on any atom is 0.0548 e. The van der Waals surface area contributed by atoms with Gasteiger partial charge in [-0.05, 0) is 50.4 Å². The minimum absolute atomic E-state index is 0.638. The third kappa shape index (κ3) is 2.95. The molecule has 0 radical (unpaired) electrons. The first-order valence-electron chi connectivity index (χ1n) is 7.07. The van der Waals surface area contributed by atoms with Crippen molar-refractivity contribution in [1.29, 1.82) is 0 Å². The molecule has 106 valence electrons. The molecule has 0 unspecified atom stereocenters. The summed E-state index contributed by atoms with van der Waals surface area (Å²) in [6, 6.07) is 6.91. The molecule has 1 fully saturated rings. The van der Waals surface area contributed by atoms with Crippen LogP contribution in [0.25, 0.3) is 10.8 Å². The number of hydrogen-bond acceptors (Lipinski definition) is 3. The summed E-state index contributed by atoms with van der Waals surface area (Å²) in [5.74, 6) is 0. The summed E-state index contributed by atoms with van der Waals surface area (Å²) >= 11 is 8.34. The Morgan fingerprint density at radius 3 is 2.95 bits per heavy atom. The quantitative estimate of drug-likeness (QED) is 0.832. The number of thioether (sulfide) groups is 1. The number of nitrogens with zero attached hydrogens (tertiary/aromatic N) is 2. The Bertz CT molecular complexity index is 614. The van der Waals surface area contributed by atoms with Gasteiger partial charge in [0, 0.05) is 40.5 Å². The second-order valence-corrected chi connectivity index (χ2v) is 7.37. The van der Waals surface area contributed by atoms with Gasteiger partial charge in [-0.3, -0.25) is 9.88 Å². The van der Waals surface area contributed by atoms with Crippen LogP contribution >= 0.6 is 23.4 Å². The molecule has 0 spiro atoms. The van der Waals surface area contributed by atoms with Gasteiger partial charge < -0.3 is 0 Å². The predicted octanol–water partition coefficient (Wildman–Crippen LogP) is 4.46. The Hall–Kier alpha value is -0.770. The monoisotopic (exact) mass is 306 g/mol. The van der Waals surface area contributed by atoms with Crippen molar-refractivity contribution in [2.75, 3.05) is 13.1 Å². The molecule has 0 amide bonds. The van der Waals surface area contributed by atoms with Crippen molar-refractivity contribution in [3.05, 3.63) is 35.6 Å². The molecule has 0 saturated carbocycles. The van der Waals surface area contributed by atoms with Crippen LogP contribution < -0.4 is 0 Å². The van der Waals surface area contributed by atoms with Crippen molar-refractivity contribution >= 4 is 34.1 Å². The molecule has 20 heavy (non-hydrogen) atoms. The topological polar surface area (TPSA) is 16.1 Å². The summed E-state index contributed by atoms with van der Waals surface area (Å²) in [6.45, 7) is 6.89. The summed E-state index contributed by atoms with van der Waals surface area (Å²) in [5, 5.41) is 3.82. The molecule has 1 aliphatic heterocycles. The second-order valence-electron chi connectivity index (χ2n) is 5.62. The molecule has 0 bridgehead atoms. The summed E-state index contributed by atoms with van der Waals surface area (Å²) in [7, 11) is 0. The van der Waals surface area contributed by atoms with E-state index in [9.17, 15) is 0 Å². The molecule has 3 rings (SSSR count). The predicted molar refractivity (Wildman–Crippen MR) is 87.7 cm³/mol. The van der Waals surface area contributed by atoms with E-state index >= 15 is 0 Å². The largest absolute Gasteiger partial charge is 0.300 e. The van der Waals surface area contributed by atoms with E-state index in [-0.39, 0.29) is 0 Å². The Labute approximate surface area is 129 Å². The lowest BCUT2D eigenvalue weighted by Gasteiger charge is -2.20. The Balaban J connectivity index is 1.79. The highest BCUT2D eigenvalue weighted by Crippen LogP contribution is 2.37. The van der Waals surface area contributed by atoms with Crippen LogP contribution in [0.5, 0.6) is 0 Å². The number of hydrogen-bond donors (Lipinski definition) is 0. The van der Waals surface area contributed by atoms with Crippen LogP contribution in [-0.2, 0) is 0 Å². The first-order valence-corrected chi connectivity index (χ1v) is 8.33. The number of benzene rings is 1. The third-order valence-corrected chi connectivity index (χ3v) is 5.63. The summed E-state index contributed by atoms with van der Waals surface area (Å²) in [4.78, 5) is 7.88. The van der Waals surface area contributed by atoms with E-state index in [0.717, 1.165) is 17.0 Å². The van der Waals surface area contributed by atoms with Crippen molar-refractivity contribution in [2.24, 2.45) is 0 Å². The molecular weight excluding hydrogens is 288 g/mol. The Morgan fingerprint density at radius 2 is 2.20 bits per heavy atom. The van der Waals surface area contributed by atoms with Crippen LogP contribution in [0, 0.1) is 0 Å². The Morgan fingerprint density at radius 1 is 1.35 bits per heavy atom. The number of aromatic nitrogens is 1. The zero-order valence-electron chi connectivity index (χ0n) is 11.8. The number of fused-ring (bicyclic) bond motifs is 1. The van der Waals surface area contributed by atoms with Gasteiger partial charge in [0.2, 0.25) is 0 Å². The van der Waals surface area contributed by atoms with E-state index in [1.165, 1.54) is 23.2 Å². The zero-order chi connectivity index (χ0) is 14.1. The van der Waals surface area contributed by atoms with Crippen LogP contribution in [0.15, 0.2) is 35.5 Å². The van der Waals surface area contributed by atoms with Gasteiger partial charge in [0.05, 0.1) is 5.02 Å². The molecule has 2 heterocycles. The lowest BCUT2D eigenvalue weighted by molar-refractivity contribution is 0.277. The molecular formula is C16H19ClN2S. The molecule has 1 atom stereocenters. The van der Waals surface area contributed by atoms with Crippen LogP contribution in [0.2, 0.25) is 5.02 Å². The first kappa shape index (κ1) is 14.2. The summed E-state index contributed by atoms with van der Waals surface area (Å²) in [6.07, 6.45) is 4.94. The van der Waals surface area contributed by atoms with Crippen LogP contribution in [0.3, 0.4) is 0 Å². The third-order valence-electron chi connectivity index (χ3n) is 3.89. The van der Waals surface area contributed by atoms with Crippen molar-refractivity contribution < 1.29 is 0 Å². The van der Waals surface area contributed by atoms with E-state index in [0.29, 0.717) is 11.3 Å². The number of pyridine rings is 1. The SMILES string of the molecule is CC(C)N1CC[C@H](Sc2cc3ccncc3cc2Cl)C1. The van der Waals surface area contributed by atoms with Gasteiger partial charge in [0.1, 0.15) is 0 Å². The number of halogens is 1. The van der Waals surface area contributed by atoms with Gasteiger partial charge in [0.25, 0.3) is 0 Å². The second kappa shape index (κ2) is 5.92. The fourth-order valence-electron chi connectivity index (χ4n) is 2.68. The fourth-order valence-corrected chi connectivity index (χ4v) is 4.20. The number of rotatable bonds is 3. The molecule has 1 aromatic heterocycles. The Kier molecular flexibility index (Phi) is 4.20. The molecule has 2 aromatic rings. The smallest absolute Gasteiger partial charge is 0.0548 e. The standard InChI is InChI=1S/C16H19ClN2S/c1-11(2)19-6-4-14(10-19)20-16-8-12-3-5-18-9-13(12)7-15(16)17/h3,5,7-9,11,14H,4,6,10H2,1-2H3/t14-/m0/s1. The fraction of sp³-hybridized carbons (Fsp3) is 0.438. The van der Waals surface area contributed by atoms with E-state index in [1.807, 2.05) is 36.3 Å². The van der Waals surface area contributed by atoms with Gasteiger partial charge in [-0.1, -0.05) is 11.6 Å². The average molecular weight is 307 g/mol. The molecule has 1 saturated heterocycles. The molecule has 0 aliphatic carbocycles. The maximum atomic E-state index is 6.42. The van der Waals surface area contributed by atoms with Crippen LogP contribution in [0.1, 0.15) is 20.3 Å². The van der Waals surface area contributed by atoms with E-state index in [1.54, 1.807) is 0 Å². The van der Waals surface area contributed by atoms with Gasteiger partial charge in [-0.2, -0.15) is 0 Å². The highest BCUT2D eigenvalue weighted by molar-refractivity contribution is 8.00. The first-order chi connectivity index (χ1) is 9.63. The highest BCUT2D eigenvalue weighted by Gasteiger charge is 2.25. The lowest BCUT2D eigenvalue weighted by atomic mass is 10.2.